The van der Waals surface area contributed by atoms with E-state index in [9.17, 15) is 14.0 Å². The zero-order valence-electron chi connectivity index (χ0n) is 10.1. The number of nitrogens with zero attached hydrogens (tertiary/aromatic N) is 1. The number of carbonyl (C=O) groups excluding carboxylic acids is 2. The topological polar surface area (TPSA) is 75.4 Å². The number of hydrogen-bond donors (Lipinski definition) is 2. The fraction of sp³-hybridized carbons (Fsp3) is 0.231. The van der Waals surface area contributed by atoms with Gasteiger partial charge in [-0.05, 0) is 23.8 Å². The number of imide groups is 1. The van der Waals surface area contributed by atoms with Crippen LogP contribution in [0, 0.1) is 17.7 Å². The van der Waals surface area contributed by atoms with Gasteiger partial charge in [-0.25, -0.2) is 9.18 Å². The summed E-state index contributed by atoms with van der Waals surface area (Å²) >= 11 is 0. The van der Waals surface area contributed by atoms with Gasteiger partial charge in [0.1, 0.15) is 5.82 Å². The van der Waals surface area contributed by atoms with Gasteiger partial charge in [0.2, 0.25) is 5.91 Å². The molecule has 3 amide bonds. The van der Waals surface area contributed by atoms with Crippen molar-refractivity contribution in [3.63, 3.8) is 0 Å². The molecule has 0 saturated carbocycles. The van der Waals surface area contributed by atoms with Gasteiger partial charge >= 0.3 is 6.03 Å². The second-order valence-corrected chi connectivity index (χ2v) is 3.99. The Hall–Kier alpha value is -2.39. The van der Waals surface area contributed by atoms with Crippen LogP contribution >= 0.6 is 0 Å². The first-order valence-electron chi connectivity index (χ1n) is 5.67. The number of amides is 3. The molecule has 0 bridgehead atoms. The lowest BCUT2D eigenvalue weighted by atomic mass is 10.1. The highest BCUT2D eigenvalue weighted by Gasteiger charge is 2.28. The number of hydrogen-bond acceptors (Lipinski definition) is 3. The summed E-state index contributed by atoms with van der Waals surface area (Å²) in [6, 6.07) is 3.71. The van der Waals surface area contributed by atoms with Crippen molar-refractivity contribution < 1.29 is 14.0 Å². The zero-order valence-corrected chi connectivity index (χ0v) is 10.1. The van der Waals surface area contributed by atoms with Crippen LogP contribution in [0.1, 0.15) is 11.1 Å². The lowest BCUT2D eigenvalue weighted by molar-refractivity contribution is -0.125. The smallest absolute Gasteiger partial charge is 0.324 e. The molecular weight excluding hydrogens is 249 g/mol. The first kappa shape index (κ1) is 13.1. The molecule has 2 rings (SSSR count). The van der Waals surface area contributed by atoms with Crippen LogP contribution < -0.4 is 11.1 Å². The van der Waals surface area contributed by atoms with E-state index in [0.29, 0.717) is 11.1 Å². The Bertz CT molecular complexity index is 573. The molecule has 1 aliphatic rings. The number of nitrogens with one attached hydrogen (secondary N) is 1. The second-order valence-electron chi connectivity index (χ2n) is 3.99. The largest absolute Gasteiger partial charge is 0.329 e. The highest BCUT2D eigenvalue weighted by atomic mass is 19.1. The van der Waals surface area contributed by atoms with Gasteiger partial charge in [0.25, 0.3) is 0 Å². The predicted molar refractivity (Wildman–Crippen MR) is 66.3 cm³/mol. The van der Waals surface area contributed by atoms with Gasteiger partial charge in [0.05, 0.1) is 19.6 Å². The quantitative estimate of drug-likeness (QED) is 0.589. The summed E-state index contributed by atoms with van der Waals surface area (Å²) in [5, 5.41) is 2.40. The monoisotopic (exact) mass is 261 g/mol. The minimum absolute atomic E-state index is 0.0199. The van der Waals surface area contributed by atoms with E-state index in [1.165, 1.54) is 12.1 Å². The molecule has 1 aromatic rings. The van der Waals surface area contributed by atoms with Crippen molar-refractivity contribution in [2.24, 2.45) is 5.73 Å². The van der Waals surface area contributed by atoms with Crippen molar-refractivity contribution in [3.05, 3.63) is 35.1 Å². The molecule has 0 spiro atoms. The van der Waals surface area contributed by atoms with Crippen LogP contribution in [0.25, 0.3) is 0 Å². The average molecular weight is 261 g/mol. The van der Waals surface area contributed by atoms with Crippen LogP contribution in [0.4, 0.5) is 9.18 Å². The Labute approximate surface area is 109 Å². The maximum atomic E-state index is 13.4. The zero-order chi connectivity index (χ0) is 13.8. The standard InChI is InChI=1S/C13H12FN3O2/c14-11-5-9(2-1-3-15)4-10(6-11)8-17-12(18)7-16-13(17)19/h4-6H,3,7-8,15H2,(H,16,19). The molecule has 0 unspecified atom stereocenters. The molecule has 0 radical (unpaired) electrons. The summed E-state index contributed by atoms with van der Waals surface area (Å²) < 4.78 is 13.4. The van der Waals surface area contributed by atoms with E-state index >= 15 is 0 Å². The SMILES string of the molecule is NCC#Cc1cc(F)cc(CN2C(=O)CNC2=O)c1. The van der Waals surface area contributed by atoms with Crippen LogP contribution in [0.15, 0.2) is 18.2 Å². The Balaban J connectivity index is 2.22. The van der Waals surface area contributed by atoms with Crippen molar-refractivity contribution >= 4 is 11.9 Å². The minimum Gasteiger partial charge on any atom is -0.329 e. The summed E-state index contributed by atoms with van der Waals surface area (Å²) in [4.78, 5) is 23.9. The van der Waals surface area contributed by atoms with E-state index in [4.69, 9.17) is 5.73 Å². The molecule has 98 valence electrons. The summed E-state index contributed by atoms with van der Waals surface area (Å²) in [6.07, 6.45) is 0. The number of carbonyl (C=O) groups is 2. The molecule has 1 aromatic carbocycles. The normalized spacial score (nSPS) is 14.1. The third kappa shape index (κ3) is 3.09. The summed E-state index contributed by atoms with van der Waals surface area (Å²) in [5.74, 6) is 4.54. The molecule has 19 heavy (non-hydrogen) atoms. The Kier molecular flexibility index (Phi) is 3.78. The highest BCUT2D eigenvalue weighted by molar-refractivity contribution is 6.01. The Morgan fingerprint density at radius 1 is 1.37 bits per heavy atom. The molecule has 1 saturated heterocycles. The van der Waals surface area contributed by atoms with Crippen LogP contribution in [-0.2, 0) is 11.3 Å². The fourth-order valence-corrected chi connectivity index (χ4v) is 1.76. The summed E-state index contributed by atoms with van der Waals surface area (Å²) in [6.45, 7) is 0.187. The van der Waals surface area contributed by atoms with Gasteiger partial charge in [0.15, 0.2) is 0 Å². The number of nitrogens with two attached hydrogens (primary N) is 1. The predicted octanol–water partition coefficient (Wildman–Crippen LogP) is 0.188. The Morgan fingerprint density at radius 3 is 2.79 bits per heavy atom. The lowest BCUT2D eigenvalue weighted by Crippen LogP contribution is -2.30. The summed E-state index contributed by atoms with van der Waals surface area (Å²) in [5.41, 5.74) is 6.22. The van der Waals surface area contributed by atoms with E-state index in [-0.39, 0.29) is 25.5 Å². The molecule has 1 aliphatic heterocycles. The maximum absolute atomic E-state index is 13.4. The van der Waals surface area contributed by atoms with Crippen molar-refractivity contribution in [1.82, 2.24) is 10.2 Å². The first-order valence-corrected chi connectivity index (χ1v) is 5.67. The van der Waals surface area contributed by atoms with Crippen LogP contribution in [-0.4, -0.2) is 29.9 Å². The molecule has 1 heterocycles. The van der Waals surface area contributed by atoms with Crippen LogP contribution in [0.5, 0.6) is 0 Å². The molecule has 3 N–H and O–H groups in total. The van der Waals surface area contributed by atoms with Crippen LogP contribution in [0.2, 0.25) is 0 Å². The van der Waals surface area contributed by atoms with E-state index in [1.807, 2.05) is 0 Å². The molecule has 5 nitrogen and oxygen atoms in total. The van der Waals surface area contributed by atoms with Gasteiger partial charge < -0.3 is 11.1 Å². The van der Waals surface area contributed by atoms with E-state index in [1.54, 1.807) is 6.07 Å². The fourth-order valence-electron chi connectivity index (χ4n) is 1.76. The number of benzene rings is 1. The van der Waals surface area contributed by atoms with Gasteiger partial charge in [-0.3, -0.25) is 9.69 Å². The Morgan fingerprint density at radius 2 is 2.16 bits per heavy atom. The molecule has 0 atom stereocenters. The van der Waals surface area contributed by atoms with Gasteiger partial charge in [-0.15, -0.1) is 0 Å². The molecular formula is C13H12FN3O2. The highest BCUT2D eigenvalue weighted by Crippen LogP contribution is 2.13. The second kappa shape index (κ2) is 5.50. The van der Waals surface area contributed by atoms with Crippen molar-refractivity contribution in [1.29, 1.82) is 0 Å². The third-order valence-corrected chi connectivity index (χ3v) is 2.57. The van der Waals surface area contributed by atoms with Gasteiger partial charge in [-0.2, -0.15) is 0 Å². The van der Waals surface area contributed by atoms with Crippen molar-refractivity contribution in [3.8, 4) is 11.8 Å². The third-order valence-electron chi connectivity index (χ3n) is 2.57. The number of halogens is 1. The van der Waals surface area contributed by atoms with Crippen molar-refractivity contribution in [2.45, 2.75) is 6.54 Å². The van der Waals surface area contributed by atoms with Gasteiger partial charge in [0, 0.05) is 5.56 Å². The summed E-state index contributed by atoms with van der Waals surface area (Å²) in [7, 11) is 0. The molecule has 0 aromatic heterocycles. The average Bonchev–Trinajstić information content (AvgIpc) is 2.67. The van der Waals surface area contributed by atoms with E-state index in [0.717, 1.165) is 4.90 Å². The number of urea groups is 1. The lowest BCUT2D eigenvalue weighted by Gasteiger charge is -2.12. The first-order chi connectivity index (χ1) is 9.10. The minimum atomic E-state index is -0.469. The molecule has 1 fully saturated rings. The van der Waals surface area contributed by atoms with E-state index < -0.39 is 11.8 Å². The number of rotatable bonds is 2. The van der Waals surface area contributed by atoms with E-state index in [2.05, 4.69) is 17.2 Å². The van der Waals surface area contributed by atoms with Crippen molar-refractivity contribution in [2.75, 3.05) is 13.1 Å². The van der Waals surface area contributed by atoms with Gasteiger partial charge in [-0.1, -0.05) is 11.8 Å². The van der Waals surface area contributed by atoms with Crippen LogP contribution in [0.3, 0.4) is 0 Å². The maximum Gasteiger partial charge on any atom is 0.324 e. The molecule has 6 heteroatoms. The molecule has 0 aliphatic carbocycles.